The smallest absolute Gasteiger partial charge is 0.224 e. The lowest BCUT2D eigenvalue weighted by Gasteiger charge is -2.12. The van der Waals surface area contributed by atoms with Gasteiger partial charge in [-0.25, -0.2) is 0 Å². The van der Waals surface area contributed by atoms with Crippen LogP contribution in [-0.2, 0) is 30.6 Å². The highest BCUT2D eigenvalue weighted by Crippen LogP contribution is 2.33. The number of benzene rings is 2. The molecular formula is C22H22Cl2N4O. The molecule has 7 heteroatoms. The predicted octanol–water partition coefficient (Wildman–Crippen LogP) is 5.06. The van der Waals surface area contributed by atoms with Crippen molar-refractivity contribution in [3.63, 3.8) is 0 Å². The summed E-state index contributed by atoms with van der Waals surface area (Å²) in [5.74, 6) is 2.08. The monoisotopic (exact) mass is 428 g/mol. The number of hydrogen-bond donors (Lipinski definition) is 1. The lowest BCUT2D eigenvalue weighted by Crippen LogP contribution is -2.15. The highest BCUT2D eigenvalue weighted by Gasteiger charge is 2.27. The summed E-state index contributed by atoms with van der Waals surface area (Å²) in [4.78, 5) is 12.4. The van der Waals surface area contributed by atoms with Gasteiger partial charge < -0.3 is 9.88 Å². The van der Waals surface area contributed by atoms with E-state index in [1.165, 1.54) is 11.1 Å². The number of carbonyl (C=O) groups excluding carboxylic acids is 1. The van der Waals surface area contributed by atoms with Gasteiger partial charge >= 0.3 is 0 Å². The van der Waals surface area contributed by atoms with Gasteiger partial charge in [-0.3, -0.25) is 4.79 Å². The van der Waals surface area contributed by atoms with Crippen LogP contribution in [0.1, 0.15) is 42.0 Å². The third-order valence-electron chi connectivity index (χ3n) is 5.37. The summed E-state index contributed by atoms with van der Waals surface area (Å²) in [5.41, 5.74) is 3.34. The molecule has 1 N–H and O–H groups in total. The van der Waals surface area contributed by atoms with Gasteiger partial charge in [0.15, 0.2) is 0 Å². The van der Waals surface area contributed by atoms with Crippen molar-refractivity contribution in [3.05, 3.63) is 75.3 Å². The van der Waals surface area contributed by atoms with E-state index in [2.05, 4.69) is 51.3 Å². The number of rotatable bonds is 6. The van der Waals surface area contributed by atoms with Crippen LogP contribution < -0.4 is 5.32 Å². The van der Waals surface area contributed by atoms with Gasteiger partial charge in [-0.2, -0.15) is 0 Å². The molecule has 0 fully saturated rings. The molecule has 5 nitrogen and oxygen atoms in total. The van der Waals surface area contributed by atoms with Crippen molar-refractivity contribution in [2.75, 3.05) is 5.32 Å². The lowest BCUT2D eigenvalue weighted by molar-refractivity contribution is -0.116. The number of anilines is 1. The summed E-state index contributed by atoms with van der Waals surface area (Å²) in [6.07, 6.45) is 2.81. The second kappa shape index (κ2) is 8.56. The van der Waals surface area contributed by atoms with Crippen molar-refractivity contribution in [3.8, 4) is 0 Å². The van der Waals surface area contributed by atoms with Crippen molar-refractivity contribution < 1.29 is 4.79 Å². The van der Waals surface area contributed by atoms with Gasteiger partial charge in [0.05, 0.1) is 10.7 Å². The van der Waals surface area contributed by atoms with Crippen LogP contribution in [0.3, 0.4) is 0 Å². The molecule has 0 spiro atoms. The van der Waals surface area contributed by atoms with E-state index in [1.54, 1.807) is 18.2 Å². The Labute approximate surface area is 180 Å². The Bertz CT molecular complexity index is 1020. The van der Waals surface area contributed by atoms with Crippen molar-refractivity contribution in [1.29, 1.82) is 0 Å². The number of nitrogens with one attached hydrogen (secondary N) is 1. The largest absolute Gasteiger partial charge is 0.325 e. The van der Waals surface area contributed by atoms with Crippen molar-refractivity contribution in [2.24, 2.45) is 0 Å². The molecule has 150 valence electrons. The molecular weight excluding hydrogens is 407 g/mol. The maximum absolute atomic E-state index is 12.4. The molecule has 1 aliphatic carbocycles. The van der Waals surface area contributed by atoms with Crippen LogP contribution in [0.25, 0.3) is 0 Å². The first-order valence-electron chi connectivity index (χ1n) is 9.78. The minimum Gasteiger partial charge on any atom is -0.325 e. The lowest BCUT2D eigenvalue weighted by atomic mass is 10.1. The summed E-state index contributed by atoms with van der Waals surface area (Å²) < 4.78 is 2.15. The molecule has 1 amide bonds. The molecule has 29 heavy (non-hydrogen) atoms. The molecule has 0 saturated carbocycles. The number of aryl methyl sites for hydroxylation is 1. The van der Waals surface area contributed by atoms with Crippen LogP contribution in [0.15, 0.2) is 42.5 Å². The van der Waals surface area contributed by atoms with Crippen LogP contribution >= 0.6 is 23.2 Å². The van der Waals surface area contributed by atoms with Crippen LogP contribution in [-0.4, -0.2) is 20.7 Å². The van der Waals surface area contributed by atoms with E-state index >= 15 is 0 Å². The van der Waals surface area contributed by atoms with Crippen LogP contribution in [0, 0.1) is 0 Å². The summed E-state index contributed by atoms with van der Waals surface area (Å²) in [6, 6.07) is 13.6. The highest BCUT2D eigenvalue weighted by atomic mass is 35.5. The maximum atomic E-state index is 12.4. The second-order valence-corrected chi connectivity index (χ2v) is 8.11. The Kier molecular flexibility index (Phi) is 5.88. The van der Waals surface area contributed by atoms with Crippen molar-refractivity contribution in [1.82, 2.24) is 14.8 Å². The zero-order valence-electron chi connectivity index (χ0n) is 16.2. The molecule has 1 heterocycles. The highest BCUT2D eigenvalue weighted by molar-refractivity contribution is 6.36. The van der Waals surface area contributed by atoms with Gasteiger partial charge in [0, 0.05) is 30.3 Å². The first-order chi connectivity index (χ1) is 14.0. The number of fused-ring (bicyclic) bond motifs is 1. The van der Waals surface area contributed by atoms with Gasteiger partial charge in [0.2, 0.25) is 5.91 Å². The van der Waals surface area contributed by atoms with Crippen LogP contribution in [0.4, 0.5) is 5.69 Å². The first-order valence-corrected chi connectivity index (χ1v) is 10.5. The fourth-order valence-corrected chi connectivity index (χ4v) is 4.41. The molecule has 1 aliphatic rings. The zero-order chi connectivity index (χ0) is 20.4. The van der Waals surface area contributed by atoms with E-state index in [4.69, 9.17) is 23.2 Å². The van der Waals surface area contributed by atoms with E-state index in [-0.39, 0.29) is 5.91 Å². The number of hydrogen-bond acceptors (Lipinski definition) is 3. The summed E-state index contributed by atoms with van der Waals surface area (Å²) >= 11 is 12.0. The molecule has 0 saturated heterocycles. The zero-order valence-corrected chi connectivity index (χ0v) is 17.7. The summed E-state index contributed by atoms with van der Waals surface area (Å²) in [5, 5.41) is 12.7. The van der Waals surface area contributed by atoms with Gasteiger partial charge in [0.1, 0.15) is 11.6 Å². The van der Waals surface area contributed by atoms with Crippen LogP contribution in [0.2, 0.25) is 10.0 Å². The molecule has 0 atom stereocenters. The topological polar surface area (TPSA) is 59.8 Å². The molecule has 2 aromatic carbocycles. The molecule has 4 rings (SSSR count). The maximum Gasteiger partial charge on any atom is 0.224 e. The summed E-state index contributed by atoms with van der Waals surface area (Å²) in [7, 11) is 0. The summed E-state index contributed by atoms with van der Waals surface area (Å²) in [6.45, 7) is 2.88. The van der Waals surface area contributed by atoms with Gasteiger partial charge in [-0.15, -0.1) is 10.2 Å². The third kappa shape index (κ3) is 4.31. The molecule has 0 radical (unpaired) electrons. The molecule has 1 aromatic heterocycles. The number of nitrogens with zero attached hydrogens (tertiary/aromatic N) is 3. The molecule has 3 aromatic rings. The van der Waals surface area contributed by atoms with E-state index in [9.17, 15) is 4.79 Å². The molecule has 0 unspecified atom stereocenters. The predicted molar refractivity (Wildman–Crippen MR) is 116 cm³/mol. The van der Waals surface area contributed by atoms with Gasteiger partial charge in [0.25, 0.3) is 0 Å². The molecule has 0 bridgehead atoms. The second-order valence-electron chi connectivity index (χ2n) is 7.26. The Balaban J connectivity index is 1.41. The van der Waals surface area contributed by atoms with E-state index in [0.717, 1.165) is 31.0 Å². The fourth-order valence-electron chi connectivity index (χ4n) is 3.95. The van der Waals surface area contributed by atoms with E-state index in [1.807, 2.05) is 0 Å². The van der Waals surface area contributed by atoms with Gasteiger partial charge in [-0.1, -0.05) is 47.5 Å². The Morgan fingerprint density at radius 1 is 1.14 bits per heavy atom. The van der Waals surface area contributed by atoms with E-state index in [0.29, 0.717) is 34.5 Å². The van der Waals surface area contributed by atoms with Crippen molar-refractivity contribution >= 4 is 34.8 Å². The third-order valence-corrected chi connectivity index (χ3v) is 5.92. The number of halogens is 2. The quantitative estimate of drug-likeness (QED) is 0.596. The number of amides is 1. The Morgan fingerprint density at radius 2 is 1.86 bits per heavy atom. The Hall–Kier alpha value is -2.37. The number of aromatic nitrogens is 3. The fraction of sp³-hybridized carbons (Fsp3) is 0.318. The van der Waals surface area contributed by atoms with Crippen LogP contribution in [0.5, 0.6) is 0 Å². The standard InChI is InChI=1S/C22H22Cl2N4O/c1-2-28-20(9-10-21(29)25-19-8-7-17(23)13-18(19)24)26-27-22(28)16-11-14-5-3-4-6-15(14)12-16/h3-8,13,16H,2,9-12H2,1H3,(H,25,29). The normalized spacial score (nSPS) is 13.5. The minimum absolute atomic E-state index is 0.116. The minimum atomic E-state index is -0.116. The Morgan fingerprint density at radius 3 is 2.52 bits per heavy atom. The number of carbonyl (C=O) groups is 1. The van der Waals surface area contributed by atoms with E-state index < -0.39 is 0 Å². The molecule has 0 aliphatic heterocycles. The van der Waals surface area contributed by atoms with Crippen molar-refractivity contribution in [2.45, 2.75) is 45.1 Å². The average Bonchev–Trinajstić information content (AvgIpc) is 3.31. The van der Waals surface area contributed by atoms with Gasteiger partial charge in [-0.05, 0) is 49.1 Å². The average molecular weight is 429 g/mol. The SMILES string of the molecule is CCn1c(CCC(=O)Nc2ccc(Cl)cc2Cl)nnc1C1Cc2ccccc2C1. The first kappa shape index (κ1) is 19.9.